The van der Waals surface area contributed by atoms with E-state index in [4.69, 9.17) is 0 Å². The number of rotatable bonds is 17. The lowest BCUT2D eigenvalue weighted by molar-refractivity contribution is 0.265. The molecule has 4 nitrogen and oxygen atoms in total. The normalized spacial score (nSPS) is 11.7. The molecule has 2 N–H and O–H groups in total. The van der Waals surface area contributed by atoms with E-state index in [0.29, 0.717) is 0 Å². The molecule has 0 heterocycles. The fourth-order valence-electron chi connectivity index (χ4n) is 1.53. The molecule has 0 aromatic rings. The standard InChI is InChI=1S/C14H34N4S4/c1-15-5-11-19-21-13-9-18(8-7-17(3)4)10-14-22-20-12-6-16-2/h15-16H,5-14H2,1-4H3. The molecule has 0 aromatic heterocycles. The molecule has 0 saturated heterocycles. The monoisotopic (exact) mass is 386 g/mol. The van der Waals surface area contributed by atoms with Crippen LogP contribution in [0.4, 0.5) is 0 Å². The first-order valence-corrected chi connectivity index (χ1v) is 12.8. The Morgan fingerprint density at radius 3 is 1.50 bits per heavy atom. The first-order chi connectivity index (χ1) is 10.7. The lowest BCUT2D eigenvalue weighted by atomic mass is 10.4. The minimum absolute atomic E-state index is 1.10. The Labute approximate surface area is 153 Å². The second-order valence-corrected chi connectivity index (χ2v) is 10.5. The minimum Gasteiger partial charge on any atom is -0.319 e. The summed E-state index contributed by atoms with van der Waals surface area (Å²) in [5.41, 5.74) is 0. The van der Waals surface area contributed by atoms with Gasteiger partial charge in [-0.15, -0.1) is 0 Å². The highest BCUT2D eigenvalue weighted by Crippen LogP contribution is 2.22. The quantitative estimate of drug-likeness (QED) is 0.290. The topological polar surface area (TPSA) is 30.5 Å². The summed E-state index contributed by atoms with van der Waals surface area (Å²) in [5.74, 6) is 4.83. The summed E-state index contributed by atoms with van der Waals surface area (Å²) in [7, 11) is 16.3. The van der Waals surface area contributed by atoms with Gasteiger partial charge in [0, 0.05) is 62.3 Å². The molecular formula is C14H34N4S4. The number of nitrogens with one attached hydrogen (secondary N) is 2. The largest absolute Gasteiger partial charge is 0.319 e. The maximum absolute atomic E-state index is 3.19. The zero-order valence-electron chi connectivity index (χ0n) is 14.6. The molecular weight excluding hydrogens is 352 g/mol. The minimum atomic E-state index is 1.10. The Morgan fingerprint density at radius 2 is 1.09 bits per heavy atom. The first-order valence-electron chi connectivity index (χ1n) is 7.85. The van der Waals surface area contributed by atoms with Gasteiger partial charge in [-0.3, -0.25) is 0 Å². The van der Waals surface area contributed by atoms with Gasteiger partial charge in [-0.1, -0.05) is 43.2 Å². The summed E-state index contributed by atoms with van der Waals surface area (Å²) in [6.07, 6.45) is 0. The van der Waals surface area contributed by atoms with Crippen molar-refractivity contribution in [1.82, 2.24) is 20.4 Å². The van der Waals surface area contributed by atoms with E-state index in [1.807, 2.05) is 57.3 Å². The summed E-state index contributed by atoms with van der Waals surface area (Å²) in [4.78, 5) is 4.88. The van der Waals surface area contributed by atoms with E-state index >= 15 is 0 Å². The van der Waals surface area contributed by atoms with Crippen molar-refractivity contribution in [1.29, 1.82) is 0 Å². The van der Waals surface area contributed by atoms with Crippen LogP contribution >= 0.6 is 43.2 Å². The molecule has 8 heteroatoms. The van der Waals surface area contributed by atoms with Crippen LogP contribution in [0.3, 0.4) is 0 Å². The predicted octanol–water partition coefficient (Wildman–Crippen LogP) is 2.05. The van der Waals surface area contributed by atoms with Crippen molar-refractivity contribution < 1.29 is 0 Å². The van der Waals surface area contributed by atoms with Crippen molar-refractivity contribution >= 4 is 43.2 Å². The Kier molecular flexibility index (Phi) is 19.6. The van der Waals surface area contributed by atoms with Crippen LogP contribution in [-0.2, 0) is 0 Å². The number of likely N-dealkylation sites (N-methyl/N-ethyl adjacent to an activating group) is 1. The van der Waals surface area contributed by atoms with Crippen LogP contribution in [0.5, 0.6) is 0 Å². The summed E-state index contributed by atoms with van der Waals surface area (Å²) in [6.45, 7) is 6.93. The van der Waals surface area contributed by atoms with E-state index in [9.17, 15) is 0 Å². The van der Waals surface area contributed by atoms with Crippen LogP contribution in [0.25, 0.3) is 0 Å². The summed E-state index contributed by atoms with van der Waals surface area (Å²) < 4.78 is 0. The third-order valence-corrected chi connectivity index (χ3v) is 7.66. The second-order valence-electron chi connectivity index (χ2n) is 5.14. The lowest BCUT2D eigenvalue weighted by Crippen LogP contribution is -2.34. The van der Waals surface area contributed by atoms with E-state index in [-0.39, 0.29) is 0 Å². The van der Waals surface area contributed by atoms with Crippen LogP contribution in [0.15, 0.2) is 0 Å². The lowest BCUT2D eigenvalue weighted by Gasteiger charge is -2.23. The highest BCUT2D eigenvalue weighted by atomic mass is 33.1. The van der Waals surface area contributed by atoms with Gasteiger partial charge in [0.1, 0.15) is 0 Å². The Balaban J connectivity index is 3.70. The van der Waals surface area contributed by atoms with Crippen molar-refractivity contribution in [2.24, 2.45) is 0 Å². The molecule has 0 aromatic carbocycles. The third kappa shape index (κ3) is 17.6. The van der Waals surface area contributed by atoms with Crippen LogP contribution < -0.4 is 10.6 Å². The van der Waals surface area contributed by atoms with Gasteiger partial charge < -0.3 is 20.4 Å². The van der Waals surface area contributed by atoms with E-state index in [1.165, 1.54) is 42.6 Å². The zero-order valence-corrected chi connectivity index (χ0v) is 17.9. The van der Waals surface area contributed by atoms with Crippen molar-refractivity contribution in [3.8, 4) is 0 Å². The molecule has 0 spiro atoms. The Bertz CT molecular complexity index is 207. The van der Waals surface area contributed by atoms with Gasteiger partial charge in [0.2, 0.25) is 0 Å². The maximum atomic E-state index is 3.19. The fraction of sp³-hybridized carbons (Fsp3) is 1.00. The summed E-state index contributed by atoms with van der Waals surface area (Å²) in [5, 5.41) is 6.38. The third-order valence-electron chi connectivity index (χ3n) is 2.88. The highest BCUT2D eigenvalue weighted by molar-refractivity contribution is 8.77. The molecule has 0 rings (SSSR count). The molecule has 0 aliphatic carbocycles. The highest BCUT2D eigenvalue weighted by Gasteiger charge is 2.06. The van der Waals surface area contributed by atoms with Gasteiger partial charge in [0.05, 0.1) is 0 Å². The van der Waals surface area contributed by atoms with Gasteiger partial charge in [-0.25, -0.2) is 0 Å². The Morgan fingerprint density at radius 1 is 0.636 bits per heavy atom. The molecule has 0 saturated carbocycles. The van der Waals surface area contributed by atoms with Crippen LogP contribution in [-0.4, -0.2) is 100 Å². The van der Waals surface area contributed by atoms with Crippen LogP contribution in [0.2, 0.25) is 0 Å². The smallest absolute Gasteiger partial charge is 0.0165 e. The van der Waals surface area contributed by atoms with Gasteiger partial charge in [0.15, 0.2) is 0 Å². The van der Waals surface area contributed by atoms with Crippen LogP contribution in [0.1, 0.15) is 0 Å². The molecule has 22 heavy (non-hydrogen) atoms. The number of hydrogen-bond donors (Lipinski definition) is 2. The molecule has 0 unspecified atom stereocenters. The molecule has 0 amide bonds. The SMILES string of the molecule is CNCCSSCCN(CCSSCCNC)CCN(C)C. The predicted molar refractivity (Wildman–Crippen MR) is 113 cm³/mol. The van der Waals surface area contributed by atoms with Crippen molar-refractivity contribution in [3.05, 3.63) is 0 Å². The van der Waals surface area contributed by atoms with Crippen LogP contribution in [0, 0.1) is 0 Å². The number of hydrogen-bond acceptors (Lipinski definition) is 8. The molecule has 0 aliphatic heterocycles. The molecule has 0 atom stereocenters. The van der Waals surface area contributed by atoms with E-state index < -0.39 is 0 Å². The van der Waals surface area contributed by atoms with Gasteiger partial charge in [0.25, 0.3) is 0 Å². The van der Waals surface area contributed by atoms with Crippen molar-refractivity contribution in [2.45, 2.75) is 0 Å². The molecule has 134 valence electrons. The maximum Gasteiger partial charge on any atom is 0.0165 e. The average Bonchev–Trinajstić information content (AvgIpc) is 2.50. The fourth-order valence-corrected chi connectivity index (χ4v) is 5.61. The number of nitrogens with zero attached hydrogens (tertiary/aromatic N) is 2. The van der Waals surface area contributed by atoms with Gasteiger partial charge >= 0.3 is 0 Å². The molecule has 0 bridgehead atoms. The summed E-state index contributed by atoms with van der Waals surface area (Å²) in [6, 6.07) is 0. The van der Waals surface area contributed by atoms with E-state index in [2.05, 4.69) is 34.5 Å². The molecule has 0 radical (unpaired) electrons. The van der Waals surface area contributed by atoms with Crippen molar-refractivity contribution in [3.63, 3.8) is 0 Å². The van der Waals surface area contributed by atoms with E-state index in [1.54, 1.807) is 0 Å². The Hall–Kier alpha value is 1.24. The van der Waals surface area contributed by atoms with E-state index in [0.717, 1.165) is 19.6 Å². The second kappa shape index (κ2) is 18.6. The zero-order chi connectivity index (χ0) is 16.5. The van der Waals surface area contributed by atoms with Gasteiger partial charge in [-0.05, 0) is 28.2 Å². The first kappa shape index (κ1) is 23.2. The van der Waals surface area contributed by atoms with Gasteiger partial charge in [-0.2, -0.15) is 0 Å². The van der Waals surface area contributed by atoms with Crippen molar-refractivity contribution in [2.75, 3.05) is 90.5 Å². The molecule has 0 fully saturated rings. The average molecular weight is 387 g/mol. The summed E-state index contributed by atoms with van der Waals surface area (Å²) >= 11 is 0. The molecule has 0 aliphatic rings.